The minimum Gasteiger partial charge on any atom is -0.321 e. The standard InChI is InChI=1S/C14H13N3O3/c1-9-7-11(4-6-13(9)17(19)20)14(18)16-12-5-3-10(2)15-8-12/h3-8H,1-2H3,(H,16,18). The Labute approximate surface area is 115 Å². The highest BCUT2D eigenvalue weighted by Crippen LogP contribution is 2.19. The minimum absolute atomic E-state index is 0.00134. The van der Waals surface area contributed by atoms with Crippen LogP contribution < -0.4 is 5.32 Å². The smallest absolute Gasteiger partial charge is 0.272 e. The first-order chi connectivity index (χ1) is 9.47. The van der Waals surface area contributed by atoms with Crippen molar-refractivity contribution in [1.29, 1.82) is 0 Å². The monoisotopic (exact) mass is 271 g/mol. The number of carbonyl (C=O) groups is 1. The number of pyridine rings is 1. The van der Waals surface area contributed by atoms with Gasteiger partial charge in [0.1, 0.15) is 0 Å². The van der Waals surface area contributed by atoms with Crippen LogP contribution in [0.15, 0.2) is 36.5 Å². The van der Waals surface area contributed by atoms with Crippen molar-refractivity contribution in [3.05, 3.63) is 63.5 Å². The van der Waals surface area contributed by atoms with Gasteiger partial charge < -0.3 is 5.32 Å². The highest BCUT2D eigenvalue weighted by molar-refractivity contribution is 6.04. The van der Waals surface area contributed by atoms with Crippen LogP contribution in [-0.4, -0.2) is 15.8 Å². The lowest BCUT2D eigenvalue weighted by molar-refractivity contribution is -0.385. The molecule has 1 amide bonds. The predicted molar refractivity (Wildman–Crippen MR) is 74.8 cm³/mol. The number of hydrogen-bond donors (Lipinski definition) is 1. The van der Waals surface area contributed by atoms with Gasteiger partial charge in [-0.2, -0.15) is 0 Å². The molecule has 6 nitrogen and oxygen atoms in total. The molecule has 0 fully saturated rings. The average Bonchev–Trinajstić information content (AvgIpc) is 2.40. The number of rotatable bonds is 3. The highest BCUT2D eigenvalue weighted by Gasteiger charge is 2.13. The van der Waals surface area contributed by atoms with E-state index in [9.17, 15) is 14.9 Å². The predicted octanol–water partition coefficient (Wildman–Crippen LogP) is 2.86. The van der Waals surface area contributed by atoms with Gasteiger partial charge in [-0.3, -0.25) is 19.9 Å². The summed E-state index contributed by atoms with van der Waals surface area (Å²) in [4.78, 5) is 26.4. The zero-order valence-corrected chi connectivity index (χ0v) is 11.1. The van der Waals surface area contributed by atoms with Gasteiger partial charge in [0.05, 0.1) is 16.8 Å². The molecule has 0 bridgehead atoms. The summed E-state index contributed by atoms with van der Waals surface area (Å²) >= 11 is 0. The van der Waals surface area contributed by atoms with Crippen LogP contribution in [0.1, 0.15) is 21.6 Å². The molecule has 102 valence electrons. The lowest BCUT2D eigenvalue weighted by Gasteiger charge is -2.06. The van der Waals surface area contributed by atoms with Gasteiger partial charge in [0.2, 0.25) is 0 Å². The third kappa shape index (κ3) is 2.97. The van der Waals surface area contributed by atoms with Crippen LogP contribution in [0.3, 0.4) is 0 Å². The highest BCUT2D eigenvalue weighted by atomic mass is 16.6. The third-order valence-corrected chi connectivity index (χ3v) is 2.82. The number of anilines is 1. The van der Waals surface area contributed by atoms with Gasteiger partial charge in [-0.05, 0) is 38.1 Å². The number of nitrogens with zero attached hydrogens (tertiary/aromatic N) is 2. The molecule has 0 aliphatic rings. The average molecular weight is 271 g/mol. The first-order valence-corrected chi connectivity index (χ1v) is 5.96. The second kappa shape index (κ2) is 5.48. The molecule has 0 saturated heterocycles. The molecule has 1 N–H and O–H groups in total. The van der Waals surface area contributed by atoms with Gasteiger partial charge in [-0.15, -0.1) is 0 Å². The number of benzene rings is 1. The zero-order valence-electron chi connectivity index (χ0n) is 11.1. The summed E-state index contributed by atoms with van der Waals surface area (Å²) in [7, 11) is 0. The fourth-order valence-corrected chi connectivity index (χ4v) is 1.75. The largest absolute Gasteiger partial charge is 0.321 e. The van der Waals surface area contributed by atoms with Gasteiger partial charge in [-0.25, -0.2) is 0 Å². The Bertz CT molecular complexity index is 666. The van der Waals surface area contributed by atoms with Crippen molar-refractivity contribution in [3.8, 4) is 0 Å². The number of aryl methyl sites for hydroxylation is 2. The molecular formula is C14H13N3O3. The number of carbonyl (C=O) groups excluding carboxylic acids is 1. The molecule has 0 aliphatic heterocycles. The van der Waals surface area contributed by atoms with E-state index in [4.69, 9.17) is 0 Å². The number of hydrogen-bond acceptors (Lipinski definition) is 4. The molecule has 0 radical (unpaired) electrons. The van der Waals surface area contributed by atoms with Crippen LogP contribution >= 0.6 is 0 Å². The molecule has 2 aromatic rings. The van der Waals surface area contributed by atoms with E-state index in [1.165, 1.54) is 18.2 Å². The summed E-state index contributed by atoms with van der Waals surface area (Å²) < 4.78 is 0. The van der Waals surface area contributed by atoms with E-state index in [-0.39, 0.29) is 11.6 Å². The first kappa shape index (κ1) is 13.7. The molecule has 2 rings (SSSR count). The minimum atomic E-state index is -0.471. The fraction of sp³-hybridized carbons (Fsp3) is 0.143. The summed E-state index contributed by atoms with van der Waals surface area (Å²) in [6.07, 6.45) is 1.56. The lowest BCUT2D eigenvalue weighted by atomic mass is 10.1. The fourth-order valence-electron chi connectivity index (χ4n) is 1.75. The second-order valence-electron chi connectivity index (χ2n) is 4.40. The van der Waals surface area contributed by atoms with E-state index in [0.717, 1.165) is 5.69 Å². The van der Waals surface area contributed by atoms with Crippen molar-refractivity contribution in [2.75, 3.05) is 5.32 Å². The van der Waals surface area contributed by atoms with Crippen molar-refractivity contribution in [2.24, 2.45) is 0 Å². The normalized spacial score (nSPS) is 10.1. The number of nitro groups is 1. The van der Waals surface area contributed by atoms with Crippen LogP contribution in [0.4, 0.5) is 11.4 Å². The summed E-state index contributed by atoms with van der Waals surface area (Å²) in [6.45, 7) is 3.45. The Balaban J connectivity index is 2.19. The van der Waals surface area contributed by atoms with Gasteiger partial charge in [0, 0.05) is 22.9 Å². The van der Waals surface area contributed by atoms with Crippen molar-refractivity contribution < 1.29 is 9.72 Å². The van der Waals surface area contributed by atoms with Crippen molar-refractivity contribution >= 4 is 17.3 Å². The van der Waals surface area contributed by atoms with E-state index in [1.54, 1.807) is 25.3 Å². The van der Waals surface area contributed by atoms with E-state index in [2.05, 4.69) is 10.3 Å². The lowest BCUT2D eigenvalue weighted by Crippen LogP contribution is -2.12. The van der Waals surface area contributed by atoms with Crippen LogP contribution in [0, 0.1) is 24.0 Å². The molecule has 1 aromatic heterocycles. The van der Waals surface area contributed by atoms with E-state index < -0.39 is 4.92 Å². The molecule has 0 unspecified atom stereocenters. The summed E-state index contributed by atoms with van der Waals surface area (Å²) in [5.74, 6) is -0.325. The van der Waals surface area contributed by atoms with Crippen LogP contribution in [0.5, 0.6) is 0 Å². The molecule has 0 aliphatic carbocycles. The molecule has 20 heavy (non-hydrogen) atoms. The molecule has 1 heterocycles. The molecule has 0 atom stereocenters. The molecule has 6 heteroatoms. The van der Waals surface area contributed by atoms with Crippen LogP contribution in [0.25, 0.3) is 0 Å². The topological polar surface area (TPSA) is 85.1 Å². The van der Waals surface area contributed by atoms with Crippen LogP contribution in [-0.2, 0) is 0 Å². The Kier molecular flexibility index (Phi) is 3.74. The summed E-state index contributed by atoms with van der Waals surface area (Å²) in [6, 6.07) is 7.80. The SMILES string of the molecule is Cc1ccc(NC(=O)c2ccc([N+](=O)[O-])c(C)c2)cn1. The quantitative estimate of drug-likeness (QED) is 0.687. The summed E-state index contributed by atoms with van der Waals surface area (Å²) in [5, 5.41) is 13.4. The van der Waals surface area contributed by atoms with Gasteiger partial charge in [0.25, 0.3) is 11.6 Å². The third-order valence-electron chi connectivity index (χ3n) is 2.82. The van der Waals surface area contributed by atoms with E-state index >= 15 is 0 Å². The summed E-state index contributed by atoms with van der Waals surface area (Å²) in [5.41, 5.74) is 2.25. The van der Waals surface area contributed by atoms with Crippen molar-refractivity contribution in [3.63, 3.8) is 0 Å². The maximum atomic E-state index is 12.0. The number of nitrogens with one attached hydrogen (secondary N) is 1. The zero-order chi connectivity index (χ0) is 14.7. The first-order valence-electron chi connectivity index (χ1n) is 5.96. The van der Waals surface area contributed by atoms with Gasteiger partial charge in [0.15, 0.2) is 0 Å². The van der Waals surface area contributed by atoms with Crippen molar-refractivity contribution in [1.82, 2.24) is 4.98 Å². The molecular weight excluding hydrogens is 258 g/mol. The molecule has 0 saturated carbocycles. The maximum Gasteiger partial charge on any atom is 0.272 e. The Morgan fingerprint density at radius 3 is 2.55 bits per heavy atom. The number of amides is 1. The maximum absolute atomic E-state index is 12.0. The van der Waals surface area contributed by atoms with Crippen LogP contribution in [0.2, 0.25) is 0 Å². The van der Waals surface area contributed by atoms with E-state index in [0.29, 0.717) is 16.8 Å². The Hall–Kier alpha value is -2.76. The number of nitro benzene ring substituents is 1. The number of aromatic nitrogens is 1. The van der Waals surface area contributed by atoms with Crippen molar-refractivity contribution in [2.45, 2.75) is 13.8 Å². The molecule has 1 aromatic carbocycles. The van der Waals surface area contributed by atoms with E-state index in [1.807, 2.05) is 6.92 Å². The van der Waals surface area contributed by atoms with Gasteiger partial charge in [-0.1, -0.05) is 0 Å². The van der Waals surface area contributed by atoms with Gasteiger partial charge >= 0.3 is 0 Å². The Morgan fingerprint density at radius 1 is 1.25 bits per heavy atom. The Morgan fingerprint density at radius 2 is 2.00 bits per heavy atom. The molecule has 0 spiro atoms. The second-order valence-corrected chi connectivity index (χ2v) is 4.40.